The number of aromatic nitrogens is 2. The molecule has 0 unspecified atom stereocenters. The highest BCUT2D eigenvalue weighted by Gasteiger charge is 2.33. The topological polar surface area (TPSA) is 61.9 Å². The second kappa shape index (κ2) is 8.76. The number of nitriles is 1. The van der Waals surface area contributed by atoms with E-state index in [1.807, 2.05) is 6.07 Å². The van der Waals surface area contributed by atoms with Crippen LogP contribution in [0.25, 0.3) is 22.2 Å². The summed E-state index contributed by atoms with van der Waals surface area (Å²) >= 11 is 0. The zero-order valence-corrected chi connectivity index (χ0v) is 16.9. The molecule has 0 atom stereocenters. The summed E-state index contributed by atoms with van der Waals surface area (Å²) in [5.74, 6) is -4.37. The molecule has 1 aromatic heterocycles. The lowest BCUT2D eigenvalue weighted by Gasteiger charge is -2.15. The minimum atomic E-state index is -3.39. The Balaban J connectivity index is 2.03. The average molecular weight is 432 g/mol. The van der Waals surface area contributed by atoms with Crippen molar-refractivity contribution in [3.8, 4) is 17.2 Å². The Morgan fingerprint density at radius 3 is 2.48 bits per heavy atom. The van der Waals surface area contributed by atoms with E-state index in [0.29, 0.717) is 30.2 Å². The SMILES string of the molecule is CN(CCC#N)C(=O)c1ccc(-c2cccc3c2nc(C(C)(F)F)n3CC(F)F)cc1. The average Bonchev–Trinajstić information content (AvgIpc) is 3.10. The number of rotatable bonds is 7. The smallest absolute Gasteiger partial charge is 0.302 e. The number of halogens is 4. The molecule has 1 amide bonds. The van der Waals surface area contributed by atoms with Gasteiger partial charge in [0.05, 0.1) is 30.1 Å². The minimum absolute atomic E-state index is 0.185. The summed E-state index contributed by atoms with van der Waals surface area (Å²) in [6, 6.07) is 13.2. The Labute approximate surface area is 176 Å². The van der Waals surface area contributed by atoms with E-state index in [-0.39, 0.29) is 23.4 Å². The van der Waals surface area contributed by atoms with Gasteiger partial charge in [0, 0.05) is 31.6 Å². The monoisotopic (exact) mass is 432 g/mol. The van der Waals surface area contributed by atoms with Gasteiger partial charge in [0.2, 0.25) is 0 Å². The van der Waals surface area contributed by atoms with Gasteiger partial charge in [-0.15, -0.1) is 0 Å². The highest BCUT2D eigenvalue weighted by atomic mass is 19.3. The van der Waals surface area contributed by atoms with Crippen LogP contribution in [0, 0.1) is 11.3 Å². The molecule has 3 rings (SSSR count). The zero-order valence-electron chi connectivity index (χ0n) is 16.9. The fourth-order valence-corrected chi connectivity index (χ4v) is 3.37. The Bertz CT molecular complexity index is 1130. The molecule has 162 valence electrons. The van der Waals surface area contributed by atoms with Crippen molar-refractivity contribution in [2.24, 2.45) is 0 Å². The van der Waals surface area contributed by atoms with Crippen molar-refractivity contribution in [1.82, 2.24) is 14.5 Å². The maximum absolute atomic E-state index is 14.1. The molecule has 0 aliphatic carbocycles. The first-order valence-electron chi connectivity index (χ1n) is 9.52. The molecular weight excluding hydrogens is 412 g/mol. The van der Waals surface area contributed by atoms with E-state index in [9.17, 15) is 22.4 Å². The minimum Gasteiger partial charge on any atom is -0.341 e. The van der Waals surface area contributed by atoms with Gasteiger partial charge < -0.3 is 9.47 Å². The van der Waals surface area contributed by atoms with Gasteiger partial charge in [0.15, 0.2) is 5.82 Å². The first-order valence-corrected chi connectivity index (χ1v) is 9.52. The quantitative estimate of drug-likeness (QED) is 0.490. The third kappa shape index (κ3) is 4.68. The van der Waals surface area contributed by atoms with Gasteiger partial charge in [-0.05, 0) is 23.8 Å². The Morgan fingerprint density at radius 2 is 1.90 bits per heavy atom. The van der Waals surface area contributed by atoms with Gasteiger partial charge in [-0.2, -0.15) is 14.0 Å². The predicted octanol–water partition coefficient (Wildman–Crippen LogP) is 5.07. The normalized spacial score (nSPS) is 11.7. The lowest BCUT2D eigenvalue weighted by molar-refractivity contribution is 0.00166. The Kier molecular flexibility index (Phi) is 6.29. The molecule has 0 aliphatic rings. The molecule has 1 heterocycles. The van der Waals surface area contributed by atoms with Crippen LogP contribution >= 0.6 is 0 Å². The third-order valence-corrected chi connectivity index (χ3v) is 4.84. The van der Waals surface area contributed by atoms with Crippen LogP contribution in [-0.2, 0) is 12.5 Å². The second-order valence-corrected chi connectivity index (χ2v) is 7.21. The largest absolute Gasteiger partial charge is 0.341 e. The number of carbonyl (C=O) groups excluding carboxylic acids is 1. The van der Waals surface area contributed by atoms with Gasteiger partial charge >= 0.3 is 5.92 Å². The van der Waals surface area contributed by atoms with Crippen LogP contribution in [0.5, 0.6) is 0 Å². The summed E-state index contributed by atoms with van der Waals surface area (Å²) in [6.07, 6.45) is -2.60. The van der Waals surface area contributed by atoms with Crippen LogP contribution in [0.1, 0.15) is 29.5 Å². The zero-order chi connectivity index (χ0) is 22.8. The van der Waals surface area contributed by atoms with Crippen LogP contribution < -0.4 is 0 Å². The van der Waals surface area contributed by atoms with E-state index in [0.717, 1.165) is 4.57 Å². The number of amides is 1. The highest BCUT2D eigenvalue weighted by molar-refractivity contribution is 5.96. The Hall–Kier alpha value is -3.41. The van der Waals surface area contributed by atoms with E-state index in [1.165, 1.54) is 11.0 Å². The number of hydrogen-bond acceptors (Lipinski definition) is 3. The van der Waals surface area contributed by atoms with Crippen LogP contribution in [0.2, 0.25) is 0 Å². The summed E-state index contributed by atoms with van der Waals surface area (Å²) < 4.78 is 55.0. The van der Waals surface area contributed by atoms with Crippen molar-refractivity contribution in [3.05, 3.63) is 53.9 Å². The van der Waals surface area contributed by atoms with Crippen LogP contribution in [0.3, 0.4) is 0 Å². The number of fused-ring (bicyclic) bond motifs is 1. The second-order valence-electron chi connectivity index (χ2n) is 7.21. The van der Waals surface area contributed by atoms with Crippen molar-refractivity contribution in [2.45, 2.75) is 32.2 Å². The van der Waals surface area contributed by atoms with Gasteiger partial charge in [0.25, 0.3) is 12.3 Å². The standard InChI is InChI=1S/C22H20F4N4O/c1-22(25,26)21-28-19-16(5-3-6-17(19)30(21)13-18(23)24)14-7-9-15(10-8-14)20(31)29(2)12-4-11-27/h3,5-10,18H,4,12-13H2,1-2H3. The van der Waals surface area contributed by atoms with Crippen molar-refractivity contribution in [3.63, 3.8) is 0 Å². The molecule has 0 saturated carbocycles. The third-order valence-electron chi connectivity index (χ3n) is 4.84. The van der Waals surface area contributed by atoms with Crippen molar-refractivity contribution in [1.29, 1.82) is 5.26 Å². The molecule has 0 fully saturated rings. The van der Waals surface area contributed by atoms with Gasteiger partial charge in [-0.25, -0.2) is 13.8 Å². The van der Waals surface area contributed by atoms with Gasteiger partial charge in [-0.1, -0.05) is 24.3 Å². The molecule has 3 aromatic rings. The predicted molar refractivity (Wildman–Crippen MR) is 108 cm³/mol. The number of benzene rings is 2. The Morgan fingerprint density at radius 1 is 1.23 bits per heavy atom. The number of para-hydroxylation sites is 1. The summed E-state index contributed by atoms with van der Waals surface area (Å²) in [6.45, 7) is 0.0340. The van der Waals surface area contributed by atoms with Gasteiger partial charge in [-0.3, -0.25) is 4.79 Å². The fraction of sp³-hybridized carbons (Fsp3) is 0.318. The number of alkyl halides is 4. The number of nitrogens with zero attached hydrogens (tertiary/aromatic N) is 4. The molecule has 0 N–H and O–H groups in total. The molecule has 31 heavy (non-hydrogen) atoms. The molecule has 0 aliphatic heterocycles. The maximum Gasteiger partial charge on any atom is 0.302 e. The molecule has 9 heteroatoms. The molecule has 0 bridgehead atoms. The lowest BCUT2D eigenvalue weighted by Crippen LogP contribution is -2.27. The van der Waals surface area contributed by atoms with Crippen molar-refractivity contribution in [2.75, 3.05) is 13.6 Å². The van der Waals surface area contributed by atoms with Crippen molar-refractivity contribution >= 4 is 16.9 Å². The highest BCUT2D eigenvalue weighted by Crippen LogP contribution is 2.34. The van der Waals surface area contributed by atoms with Crippen LogP contribution in [0.15, 0.2) is 42.5 Å². The molecule has 5 nitrogen and oxygen atoms in total. The van der Waals surface area contributed by atoms with Gasteiger partial charge in [0.1, 0.15) is 0 Å². The maximum atomic E-state index is 14.1. The first-order chi connectivity index (χ1) is 14.6. The summed E-state index contributed by atoms with van der Waals surface area (Å²) in [7, 11) is 1.59. The van der Waals surface area contributed by atoms with E-state index in [2.05, 4.69) is 4.98 Å². The van der Waals surface area contributed by atoms with E-state index < -0.39 is 24.7 Å². The van der Waals surface area contributed by atoms with Crippen LogP contribution in [0.4, 0.5) is 17.6 Å². The van der Waals surface area contributed by atoms with E-state index in [4.69, 9.17) is 5.26 Å². The molecule has 2 aromatic carbocycles. The van der Waals surface area contributed by atoms with Crippen LogP contribution in [-0.4, -0.2) is 40.4 Å². The molecule has 0 spiro atoms. The first kappa shape index (κ1) is 22.3. The number of carbonyl (C=O) groups is 1. The van der Waals surface area contributed by atoms with E-state index >= 15 is 0 Å². The lowest BCUT2D eigenvalue weighted by atomic mass is 10.0. The van der Waals surface area contributed by atoms with Crippen molar-refractivity contribution < 1.29 is 22.4 Å². The summed E-state index contributed by atoms with van der Waals surface area (Å²) in [5.41, 5.74) is 1.87. The molecular formula is C22H20F4N4O. The summed E-state index contributed by atoms with van der Waals surface area (Å²) in [4.78, 5) is 17.9. The van der Waals surface area contributed by atoms with E-state index in [1.54, 1.807) is 43.4 Å². The summed E-state index contributed by atoms with van der Waals surface area (Å²) in [5, 5.41) is 8.65. The number of imidazole rings is 1. The number of hydrogen-bond donors (Lipinski definition) is 0. The molecule has 0 saturated heterocycles. The fourth-order valence-electron chi connectivity index (χ4n) is 3.37. The molecule has 0 radical (unpaired) electrons.